The van der Waals surface area contributed by atoms with Crippen LogP contribution in [0, 0.1) is 0 Å². The first-order chi connectivity index (χ1) is 8.70. The van der Waals surface area contributed by atoms with Gasteiger partial charge >= 0.3 is 5.97 Å². The third-order valence-electron chi connectivity index (χ3n) is 2.56. The van der Waals surface area contributed by atoms with Crippen molar-refractivity contribution >= 4 is 22.4 Å². The summed E-state index contributed by atoms with van der Waals surface area (Å²) in [6, 6.07) is 8.34. The van der Waals surface area contributed by atoms with Crippen LogP contribution in [0.1, 0.15) is 24.2 Å². The standard InChI is InChI=1S/C13H14N2O2S/c1-2-10-8-18-13(14-10)15-11(12(16)17)9-6-4-3-5-7-9/h3-8,11H,2H2,1H3,(H,14,15)(H,16,17). The number of hydrogen-bond donors (Lipinski definition) is 2. The lowest BCUT2D eigenvalue weighted by molar-refractivity contribution is -0.138. The number of anilines is 1. The molecule has 1 heterocycles. The summed E-state index contributed by atoms with van der Waals surface area (Å²) in [6.07, 6.45) is 0.848. The van der Waals surface area contributed by atoms with E-state index in [1.54, 1.807) is 12.1 Å². The molecule has 18 heavy (non-hydrogen) atoms. The van der Waals surface area contributed by atoms with Crippen molar-refractivity contribution in [3.05, 3.63) is 47.0 Å². The summed E-state index contributed by atoms with van der Waals surface area (Å²) in [7, 11) is 0. The molecule has 2 aromatic rings. The van der Waals surface area contributed by atoms with Crippen molar-refractivity contribution in [1.82, 2.24) is 4.98 Å². The Hall–Kier alpha value is -1.88. The minimum atomic E-state index is -0.908. The lowest BCUT2D eigenvalue weighted by Crippen LogP contribution is -2.20. The fourth-order valence-corrected chi connectivity index (χ4v) is 2.42. The Morgan fingerprint density at radius 1 is 1.44 bits per heavy atom. The van der Waals surface area contributed by atoms with Crippen LogP contribution in [0.15, 0.2) is 35.7 Å². The number of carboxylic acid groups (broad SMARTS) is 1. The van der Waals surface area contributed by atoms with E-state index in [0.717, 1.165) is 17.7 Å². The van der Waals surface area contributed by atoms with Gasteiger partial charge in [0.1, 0.15) is 0 Å². The number of benzene rings is 1. The molecule has 0 fully saturated rings. The van der Waals surface area contributed by atoms with E-state index in [1.165, 1.54) is 11.3 Å². The maximum atomic E-state index is 11.3. The lowest BCUT2D eigenvalue weighted by Gasteiger charge is -2.13. The van der Waals surface area contributed by atoms with Crippen LogP contribution in [0.5, 0.6) is 0 Å². The monoisotopic (exact) mass is 262 g/mol. The second-order valence-electron chi connectivity index (χ2n) is 3.82. The fourth-order valence-electron chi connectivity index (χ4n) is 1.59. The van der Waals surface area contributed by atoms with Crippen molar-refractivity contribution in [2.45, 2.75) is 19.4 Å². The molecule has 0 saturated carbocycles. The molecule has 4 nitrogen and oxygen atoms in total. The smallest absolute Gasteiger partial charge is 0.330 e. The van der Waals surface area contributed by atoms with Gasteiger partial charge in [0.25, 0.3) is 0 Å². The third-order valence-corrected chi connectivity index (χ3v) is 3.38. The number of nitrogens with zero attached hydrogens (tertiary/aromatic N) is 1. The average molecular weight is 262 g/mol. The van der Waals surface area contributed by atoms with Crippen LogP contribution < -0.4 is 5.32 Å². The predicted octanol–water partition coefficient (Wildman–Crippen LogP) is 2.94. The number of aromatic nitrogens is 1. The minimum Gasteiger partial charge on any atom is -0.479 e. The zero-order valence-electron chi connectivity index (χ0n) is 9.96. The number of aliphatic carboxylic acids is 1. The number of nitrogens with one attached hydrogen (secondary N) is 1. The Labute approximate surface area is 109 Å². The van der Waals surface area contributed by atoms with Crippen molar-refractivity contribution in [3.8, 4) is 0 Å². The molecule has 0 radical (unpaired) electrons. The Balaban J connectivity index is 2.19. The van der Waals surface area contributed by atoms with Gasteiger partial charge in [0.2, 0.25) is 0 Å². The van der Waals surface area contributed by atoms with Crippen molar-refractivity contribution in [2.75, 3.05) is 5.32 Å². The van der Waals surface area contributed by atoms with Gasteiger partial charge in [-0.2, -0.15) is 0 Å². The second kappa shape index (κ2) is 5.64. The molecule has 2 rings (SSSR count). The van der Waals surface area contributed by atoms with E-state index in [1.807, 2.05) is 30.5 Å². The van der Waals surface area contributed by atoms with Crippen LogP contribution in [0.4, 0.5) is 5.13 Å². The van der Waals surface area contributed by atoms with Crippen LogP contribution in [-0.4, -0.2) is 16.1 Å². The summed E-state index contributed by atoms with van der Waals surface area (Å²) in [5, 5.41) is 14.8. The highest BCUT2D eigenvalue weighted by Crippen LogP contribution is 2.23. The highest BCUT2D eigenvalue weighted by molar-refractivity contribution is 7.13. The molecule has 1 atom stereocenters. The van der Waals surface area contributed by atoms with Gasteiger partial charge in [-0.05, 0) is 12.0 Å². The van der Waals surface area contributed by atoms with Gasteiger partial charge in [-0.3, -0.25) is 0 Å². The molecule has 2 N–H and O–H groups in total. The number of carboxylic acids is 1. The van der Waals surface area contributed by atoms with Crippen LogP contribution in [0.3, 0.4) is 0 Å². The van der Waals surface area contributed by atoms with Crippen LogP contribution in [0.25, 0.3) is 0 Å². The molecule has 0 spiro atoms. The Kier molecular flexibility index (Phi) is 3.94. The van der Waals surface area contributed by atoms with Crippen LogP contribution in [-0.2, 0) is 11.2 Å². The molecule has 0 aliphatic carbocycles. The summed E-state index contributed by atoms with van der Waals surface area (Å²) in [6.45, 7) is 2.02. The average Bonchev–Trinajstić information content (AvgIpc) is 2.84. The van der Waals surface area contributed by atoms with E-state index in [2.05, 4.69) is 10.3 Å². The van der Waals surface area contributed by atoms with Gasteiger partial charge in [-0.15, -0.1) is 11.3 Å². The van der Waals surface area contributed by atoms with E-state index >= 15 is 0 Å². The summed E-state index contributed by atoms with van der Waals surface area (Å²) < 4.78 is 0. The number of carbonyl (C=O) groups is 1. The highest BCUT2D eigenvalue weighted by Gasteiger charge is 2.20. The maximum Gasteiger partial charge on any atom is 0.330 e. The van der Waals surface area contributed by atoms with E-state index in [9.17, 15) is 9.90 Å². The summed E-state index contributed by atoms with van der Waals surface area (Å²) in [5.74, 6) is -0.908. The van der Waals surface area contributed by atoms with Crippen molar-refractivity contribution < 1.29 is 9.90 Å². The van der Waals surface area contributed by atoms with E-state index in [-0.39, 0.29) is 0 Å². The Bertz CT molecular complexity index is 525. The largest absolute Gasteiger partial charge is 0.479 e. The molecule has 0 aliphatic heterocycles. The lowest BCUT2D eigenvalue weighted by atomic mass is 10.1. The van der Waals surface area contributed by atoms with Gasteiger partial charge in [-0.1, -0.05) is 37.3 Å². The van der Waals surface area contributed by atoms with Crippen molar-refractivity contribution in [3.63, 3.8) is 0 Å². The molecule has 0 saturated heterocycles. The van der Waals surface area contributed by atoms with Crippen LogP contribution >= 0.6 is 11.3 Å². The molecule has 0 bridgehead atoms. The number of hydrogen-bond acceptors (Lipinski definition) is 4. The summed E-state index contributed by atoms with van der Waals surface area (Å²) >= 11 is 1.43. The molecular weight excluding hydrogens is 248 g/mol. The molecule has 0 aliphatic rings. The second-order valence-corrected chi connectivity index (χ2v) is 4.68. The van der Waals surface area contributed by atoms with E-state index < -0.39 is 12.0 Å². The molecule has 94 valence electrons. The molecular formula is C13H14N2O2S. The quantitative estimate of drug-likeness (QED) is 0.869. The summed E-state index contributed by atoms with van der Waals surface area (Å²) in [5.41, 5.74) is 1.69. The van der Waals surface area contributed by atoms with E-state index in [0.29, 0.717) is 5.13 Å². The molecule has 1 aromatic carbocycles. The molecule has 1 unspecified atom stereocenters. The first kappa shape index (κ1) is 12.6. The number of thiazole rings is 1. The van der Waals surface area contributed by atoms with Crippen molar-refractivity contribution in [1.29, 1.82) is 0 Å². The topological polar surface area (TPSA) is 62.2 Å². The van der Waals surface area contributed by atoms with Gasteiger partial charge in [0.15, 0.2) is 11.2 Å². The Morgan fingerprint density at radius 3 is 2.72 bits per heavy atom. The van der Waals surface area contributed by atoms with Gasteiger partial charge in [0.05, 0.1) is 5.69 Å². The number of aryl methyl sites for hydroxylation is 1. The van der Waals surface area contributed by atoms with Gasteiger partial charge < -0.3 is 10.4 Å². The Morgan fingerprint density at radius 2 is 2.17 bits per heavy atom. The predicted molar refractivity (Wildman–Crippen MR) is 71.9 cm³/mol. The van der Waals surface area contributed by atoms with Gasteiger partial charge in [-0.25, -0.2) is 9.78 Å². The minimum absolute atomic E-state index is 0.642. The fraction of sp³-hybridized carbons (Fsp3) is 0.231. The first-order valence-corrected chi connectivity index (χ1v) is 6.57. The summed E-state index contributed by atoms with van der Waals surface area (Å²) in [4.78, 5) is 15.6. The third kappa shape index (κ3) is 2.87. The SMILES string of the molecule is CCc1csc(NC(C(=O)O)c2ccccc2)n1. The van der Waals surface area contributed by atoms with Crippen molar-refractivity contribution in [2.24, 2.45) is 0 Å². The highest BCUT2D eigenvalue weighted by atomic mass is 32.1. The van der Waals surface area contributed by atoms with Gasteiger partial charge in [0, 0.05) is 5.38 Å². The van der Waals surface area contributed by atoms with E-state index in [4.69, 9.17) is 0 Å². The normalized spacial score (nSPS) is 12.1. The van der Waals surface area contributed by atoms with Crippen LogP contribution in [0.2, 0.25) is 0 Å². The first-order valence-electron chi connectivity index (χ1n) is 5.69. The zero-order valence-corrected chi connectivity index (χ0v) is 10.8. The molecule has 0 amide bonds. The molecule has 1 aromatic heterocycles. The zero-order chi connectivity index (χ0) is 13.0. The maximum absolute atomic E-state index is 11.3. The molecule has 5 heteroatoms. The number of rotatable bonds is 5.